The minimum atomic E-state index is -0.721. The monoisotopic (exact) mass is 474 g/mol. The van der Waals surface area contributed by atoms with Crippen molar-refractivity contribution in [2.45, 2.75) is 64.7 Å². The van der Waals surface area contributed by atoms with E-state index in [0.29, 0.717) is 31.5 Å². The summed E-state index contributed by atoms with van der Waals surface area (Å²) < 4.78 is 14.3. The summed E-state index contributed by atoms with van der Waals surface area (Å²) in [5, 5.41) is 2.32. The van der Waals surface area contributed by atoms with Crippen molar-refractivity contribution in [2.75, 3.05) is 20.2 Å². The zero-order valence-electron chi connectivity index (χ0n) is 20.7. The van der Waals surface area contributed by atoms with Crippen molar-refractivity contribution in [3.8, 4) is 0 Å². The first-order valence-electron chi connectivity index (χ1n) is 11.5. The van der Waals surface area contributed by atoms with Crippen molar-refractivity contribution >= 4 is 28.9 Å². The Kier molecular flexibility index (Phi) is 7.50. The number of nitrogens with one attached hydrogen (secondary N) is 1. The van der Waals surface area contributed by atoms with Gasteiger partial charge in [-0.25, -0.2) is 9.59 Å². The number of benzene rings is 1. The van der Waals surface area contributed by atoms with Crippen LogP contribution in [-0.4, -0.2) is 63.8 Å². The predicted molar refractivity (Wildman–Crippen MR) is 127 cm³/mol. The molecule has 1 N–H and O–H groups in total. The van der Waals surface area contributed by atoms with Crippen LogP contribution in [0.1, 0.15) is 52.1 Å². The van der Waals surface area contributed by atoms with Crippen LogP contribution in [-0.2, 0) is 32.5 Å². The third kappa shape index (κ3) is 5.67. The van der Waals surface area contributed by atoms with Gasteiger partial charge in [0.25, 0.3) is 0 Å². The van der Waals surface area contributed by atoms with Gasteiger partial charge in [0, 0.05) is 33.5 Å². The number of aromatic nitrogens is 2. The first-order valence-corrected chi connectivity index (χ1v) is 11.5. The second-order valence-electron chi connectivity index (χ2n) is 9.75. The average molecular weight is 475 g/mol. The molecule has 3 rings (SSSR count). The van der Waals surface area contributed by atoms with E-state index in [1.807, 2.05) is 45.9 Å². The molecule has 2 heterocycles. The standard InChI is InChI=1S/C24H34N4O6/c1-15(33-13-12-26(5)23(32)34-24(2,3)4)14-16-8-7-9-17-20(16)27(6)22(31)28(17)18-10-11-19(29)25-21(18)30/h7-9,15,18H,10-14H2,1-6H3,(H,25,29,30). The number of hydrogen-bond acceptors (Lipinski definition) is 6. The highest BCUT2D eigenvalue weighted by atomic mass is 16.6. The maximum Gasteiger partial charge on any atom is 0.410 e. The zero-order chi connectivity index (χ0) is 25.2. The highest BCUT2D eigenvalue weighted by Gasteiger charge is 2.31. The number of amides is 3. The summed E-state index contributed by atoms with van der Waals surface area (Å²) in [6.07, 6.45) is 0.449. The molecule has 1 fully saturated rings. The number of imide groups is 1. The number of piperidine rings is 1. The maximum absolute atomic E-state index is 13.0. The Bertz CT molecular complexity index is 1140. The summed E-state index contributed by atoms with van der Waals surface area (Å²) in [5.41, 5.74) is 1.44. The van der Waals surface area contributed by atoms with Gasteiger partial charge in [-0.2, -0.15) is 0 Å². The van der Waals surface area contributed by atoms with E-state index in [2.05, 4.69) is 5.32 Å². The van der Waals surface area contributed by atoms with Crippen molar-refractivity contribution in [1.82, 2.24) is 19.4 Å². The fourth-order valence-electron chi connectivity index (χ4n) is 4.10. The predicted octanol–water partition coefficient (Wildman–Crippen LogP) is 2.13. The molecule has 1 aromatic heterocycles. The lowest BCUT2D eigenvalue weighted by atomic mass is 10.0. The van der Waals surface area contributed by atoms with Gasteiger partial charge in [0.15, 0.2) is 0 Å². The van der Waals surface area contributed by atoms with Gasteiger partial charge in [-0.1, -0.05) is 12.1 Å². The van der Waals surface area contributed by atoms with Crippen molar-refractivity contribution in [1.29, 1.82) is 0 Å². The second kappa shape index (κ2) is 10.0. The Morgan fingerprint density at radius 2 is 1.97 bits per heavy atom. The molecule has 2 atom stereocenters. The number of rotatable bonds is 7. The summed E-state index contributed by atoms with van der Waals surface area (Å²) in [6.45, 7) is 8.11. The quantitative estimate of drug-likeness (QED) is 0.616. The minimum Gasteiger partial charge on any atom is -0.444 e. The van der Waals surface area contributed by atoms with E-state index in [1.54, 1.807) is 14.1 Å². The molecule has 186 valence electrons. The van der Waals surface area contributed by atoms with Crippen molar-refractivity contribution < 1.29 is 23.9 Å². The second-order valence-corrected chi connectivity index (χ2v) is 9.75. The average Bonchev–Trinajstić information content (AvgIpc) is 2.98. The van der Waals surface area contributed by atoms with Crippen LogP contribution in [0.15, 0.2) is 23.0 Å². The Morgan fingerprint density at radius 1 is 1.26 bits per heavy atom. The molecule has 1 aliphatic rings. The number of imidazole rings is 1. The number of fused-ring (bicyclic) bond motifs is 1. The largest absolute Gasteiger partial charge is 0.444 e. The number of nitrogens with zero attached hydrogens (tertiary/aromatic N) is 3. The molecule has 0 aliphatic carbocycles. The molecule has 1 aromatic carbocycles. The van der Waals surface area contributed by atoms with Crippen LogP contribution < -0.4 is 11.0 Å². The lowest BCUT2D eigenvalue weighted by molar-refractivity contribution is -0.135. The lowest BCUT2D eigenvalue weighted by Crippen LogP contribution is -2.44. The first-order chi connectivity index (χ1) is 15.9. The van der Waals surface area contributed by atoms with E-state index in [1.165, 1.54) is 14.0 Å². The van der Waals surface area contributed by atoms with Gasteiger partial charge in [0.2, 0.25) is 11.8 Å². The maximum atomic E-state index is 13.0. The highest BCUT2D eigenvalue weighted by Crippen LogP contribution is 2.25. The summed E-state index contributed by atoms with van der Waals surface area (Å²) in [5.74, 6) is -0.777. The summed E-state index contributed by atoms with van der Waals surface area (Å²) in [7, 11) is 3.34. The molecule has 0 bridgehead atoms. The van der Waals surface area contributed by atoms with Crippen LogP contribution in [0.5, 0.6) is 0 Å². The highest BCUT2D eigenvalue weighted by molar-refractivity contribution is 6.00. The topological polar surface area (TPSA) is 112 Å². The van der Waals surface area contributed by atoms with Gasteiger partial charge >= 0.3 is 11.8 Å². The fraction of sp³-hybridized carbons (Fsp3) is 0.583. The third-order valence-electron chi connectivity index (χ3n) is 5.75. The number of carbonyl (C=O) groups excluding carboxylic acids is 3. The Labute approximate surface area is 198 Å². The first kappa shape index (κ1) is 25.5. The molecule has 1 saturated heterocycles. The van der Waals surface area contributed by atoms with E-state index in [0.717, 1.165) is 11.1 Å². The summed E-state index contributed by atoms with van der Waals surface area (Å²) in [6, 6.07) is 4.87. The molecule has 2 aromatic rings. The summed E-state index contributed by atoms with van der Waals surface area (Å²) >= 11 is 0. The lowest BCUT2D eigenvalue weighted by Gasteiger charge is -2.25. The minimum absolute atomic E-state index is 0.174. The molecule has 10 heteroatoms. The van der Waals surface area contributed by atoms with E-state index < -0.39 is 23.6 Å². The van der Waals surface area contributed by atoms with Gasteiger partial charge < -0.3 is 14.4 Å². The van der Waals surface area contributed by atoms with E-state index >= 15 is 0 Å². The third-order valence-corrected chi connectivity index (χ3v) is 5.75. The molecule has 34 heavy (non-hydrogen) atoms. The van der Waals surface area contributed by atoms with Crippen LogP contribution in [0.25, 0.3) is 11.0 Å². The van der Waals surface area contributed by atoms with Crippen molar-refractivity contribution in [3.63, 3.8) is 0 Å². The number of carbonyl (C=O) groups is 3. The van der Waals surface area contributed by atoms with Crippen LogP contribution in [0.3, 0.4) is 0 Å². The number of likely N-dealkylation sites (N-methyl/N-ethyl adjacent to an activating group) is 1. The van der Waals surface area contributed by atoms with E-state index in [-0.39, 0.29) is 24.1 Å². The SMILES string of the molecule is CC(Cc1cccc2c1n(C)c(=O)n2C1CCC(=O)NC1=O)OCCN(C)C(=O)OC(C)(C)C. The molecule has 3 amide bonds. The van der Waals surface area contributed by atoms with Gasteiger partial charge in [0.05, 0.1) is 23.7 Å². The van der Waals surface area contributed by atoms with Crippen LogP contribution in [0, 0.1) is 0 Å². The molecular formula is C24H34N4O6. The molecule has 0 spiro atoms. The molecular weight excluding hydrogens is 440 g/mol. The van der Waals surface area contributed by atoms with Crippen LogP contribution >= 0.6 is 0 Å². The Balaban J connectivity index is 1.71. The normalized spacial score (nSPS) is 17.5. The van der Waals surface area contributed by atoms with Crippen LogP contribution in [0.4, 0.5) is 4.79 Å². The van der Waals surface area contributed by atoms with Gasteiger partial charge in [-0.05, 0) is 45.7 Å². The van der Waals surface area contributed by atoms with Crippen LogP contribution in [0.2, 0.25) is 0 Å². The Hall–Kier alpha value is -3.14. The number of para-hydroxylation sites is 1. The van der Waals surface area contributed by atoms with E-state index in [9.17, 15) is 19.2 Å². The number of hydrogen-bond donors (Lipinski definition) is 1. The molecule has 2 unspecified atom stereocenters. The Morgan fingerprint density at radius 3 is 2.62 bits per heavy atom. The van der Waals surface area contributed by atoms with E-state index in [4.69, 9.17) is 9.47 Å². The van der Waals surface area contributed by atoms with Crippen molar-refractivity contribution in [3.05, 3.63) is 34.2 Å². The van der Waals surface area contributed by atoms with Gasteiger partial charge in [-0.15, -0.1) is 0 Å². The van der Waals surface area contributed by atoms with Gasteiger partial charge in [0.1, 0.15) is 11.6 Å². The van der Waals surface area contributed by atoms with Gasteiger partial charge in [-0.3, -0.25) is 24.0 Å². The van der Waals surface area contributed by atoms with Crippen molar-refractivity contribution in [2.24, 2.45) is 7.05 Å². The number of aryl methyl sites for hydroxylation is 1. The zero-order valence-corrected chi connectivity index (χ0v) is 20.7. The fourth-order valence-corrected chi connectivity index (χ4v) is 4.10. The molecule has 0 radical (unpaired) electrons. The molecule has 0 saturated carbocycles. The smallest absolute Gasteiger partial charge is 0.410 e. The molecule has 1 aliphatic heterocycles. The summed E-state index contributed by atoms with van der Waals surface area (Å²) in [4.78, 5) is 50.6. The number of ether oxygens (including phenoxy) is 2. The molecule has 10 nitrogen and oxygen atoms in total.